The molecule has 1 N–H and O–H groups in total. The van der Waals surface area contributed by atoms with E-state index in [2.05, 4.69) is 10.3 Å². The number of nitro groups is 1. The Morgan fingerprint density at radius 3 is 2.61 bits per heavy atom. The first-order chi connectivity index (χ1) is 11.1. The smallest absolute Gasteiger partial charge is 0.269 e. The van der Waals surface area contributed by atoms with E-state index in [9.17, 15) is 14.5 Å². The summed E-state index contributed by atoms with van der Waals surface area (Å²) in [7, 11) is 0. The van der Waals surface area contributed by atoms with Crippen LogP contribution < -0.4 is 5.32 Å². The van der Waals surface area contributed by atoms with Gasteiger partial charge in [0.05, 0.1) is 16.9 Å². The molecule has 0 atom stereocenters. The average Bonchev–Trinajstić information content (AvgIpc) is 3.07. The van der Waals surface area contributed by atoms with Gasteiger partial charge in [0, 0.05) is 36.8 Å². The second-order valence-electron chi connectivity index (χ2n) is 4.91. The maximum absolute atomic E-state index is 14.1. The second kappa shape index (κ2) is 6.27. The molecule has 0 spiro atoms. The van der Waals surface area contributed by atoms with Crippen LogP contribution in [0.15, 0.2) is 61.2 Å². The first-order valence-electron chi connectivity index (χ1n) is 6.88. The molecule has 0 aliphatic heterocycles. The van der Waals surface area contributed by atoms with Gasteiger partial charge in [-0.2, -0.15) is 0 Å². The highest BCUT2D eigenvalue weighted by atomic mass is 19.1. The predicted octanol–water partition coefficient (Wildman–Crippen LogP) is 3.53. The monoisotopic (exact) mass is 312 g/mol. The third-order valence-corrected chi connectivity index (χ3v) is 3.37. The Kier molecular flexibility index (Phi) is 4.01. The quantitative estimate of drug-likeness (QED) is 0.578. The molecule has 0 aliphatic carbocycles. The van der Waals surface area contributed by atoms with Crippen molar-refractivity contribution in [3.63, 3.8) is 0 Å². The van der Waals surface area contributed by atoms with E-state index in [-0.39, 0.29) is 11.5 Å². The number of imidazole rings is 1. The lowest BCUT2D eigenvalue weighted by molar-refractivity contribution is -0.384. The van der Waals surface area contributed by atoms with Crippen molar-refractivity contribution in [1.29, 1.82) is 0 Å². The number of nitrogens with zero attached hydrogens (tertiary/aromatic N) is 3. The van der Waals surface area contributed by atoms with Crippen molar-refractivity contribution in [2.75, 3.05) is 5.32 Å². The molecule has 0 unspecified atom stereocenters. The maximum Gasteiger partial charge on any atom is 0.269 e. The van der Waals surface area contributed by atoms with Gasteiger partial charge < -0.3 is 9.88 Å². The Morgan fingerprint density at radius 2 is 2.00 bits per heavy atom. The summed E-state index contributed by atoms with van der Waals surface area (Å²) in [6.07, 6.45) is 4.80. The molecule has 3 rings (SSSR count). The number of halogens is 1. The van der Waals surface area contributed by atoms with E-state index in [0.717, 1.165) is 11.3 Å². The summed E-state index contributed by atoms with van der Waals surface area (Å²) in [6, 6.07) is 11.0. The van der Waals surface area contributed by atoms with Gasteiger partial charge in [-0.1, -0.05) is 6.07 Å². The molecule has 0 radical (unpaired) electrons. The number of aromatic nitrogens is 2. The number of hydrogen-bond donors (Lipinski definition) is 1. The molecule has 2 aromatic carbocycles. The maximum atomic E-state index is 14.1. The van der Waals surface area contributed by atoms with Gasteiger partial charge >= 0.3 is 0 Å². The normalized spacial score (nSPS) is 10.5. The molecule has 1 heterocycles. The lowest BCUT2D eigenvalue weighted by atomic mass is 10.2. The Hall–Kier alpha value is -3.22. The molecule has 0 aliphatic rings. The number of rotatable bonds is 5. The molecule has 0 saturated heterocycles. The number of anilines is 1. The number of nitrogens with one attached hydrogen (secondary N) is 1. The van der Waals surface area contributed by atoms with Crippen LogP contribution in [-0.2, 0) is 6.54 Å². The highest BCUT2D eigenvalue weighted by molar-refractivity contribution is 5.49. The van der Waals surface area contributed by atoms with E-state index >= 15 is 0 Å². The summed E-state index contributed by atoms with van der Waals surface area (Å²) in [5.74, 6) is -0.342. The van der Waals surface area contributed by atoms with Crippen LogP contribution in [0.4, 0.5) is 15.8 Å². The van der Waals surface area contributed by atoms with Gasteiger partial charge in [-0.25, -0.2) is 9.37 Å². The zero-order chi connectivity index (χ0) is 16.2. The molecule has 7 heteroatoms. The van der Waals surface area contributed by atoms with E-state index in [4.69, 9.17) is 0 Å². The molecule has 0 bridgehead atoms. The first-order valence-corrected chi connectivity index (χ1v) is 6.88. The molecule has 0 saturated carbocycles. The number of hydrogen-bond acceptors (Lipinski definition) is 4. The van der Waals surface area contributed by atoms with E-state index in [1.54, 1.807) is 35.2 Å². The van der Waals surface area contributed by atoms with E-state index in [1.807, 2.05) is 6.07 Å². The highest BCUT2D eigenvalue weighted by Crippen LogP contribution is 2.18. The molecular formula is C16H13FN4O2. The minimum Gasteiger partial charge on any atom is -0.381 e. The van der Waals surface area contributed by atoms with Gasteiger partial charge in [-0.15, -0.1) is 0 Å². The fraction of sp³-hybridized carbons (Fsp3) is 0.0625. The number of nitro benzene ring substituents is 1. The summed E-state index contributed by atoms with van der Waals surface area (Å²) in [6.45, 7) is 0.416. The summed E-state index contributed by atoms with van der Waals surface area (Å²) < 4.78 is 15.7. The standard InChI is InChI=1S/C16H13FN4O2/c17-15-9-12(1-6-16(15)20-8-7-18-11-20)10-19-13-2-4-14(5-3-13)21(22)23/h1-9,11,19H,10H2. The molecule has 116 valence electrons. The van der Waals surface area contributed by atoms with Gasteiger partial charge in [0.2, 0.25) is 0 Å². The van der Waals surface area contributed by atoms with E-state index < -0.39 is 4.92 Å². The van der Waals surface area contributed by atoms with Crippen LogP contribution in [0, 0.1) is 15.9 Å². The zero-order valence-electron chi connectivity index (χ0n) is 12.0. The Bertz CT molecular complexity index is 817. The van der Waals surface area contributed by atoms with Crippen molar-refractivity contribution in [1.82, 2.24) is 9.55 Å². The fourth-order valence-electron chi connectivity index (χ4n) is 2.18. The predicted molar refractivity (Wildman–Crippen MR) is 83.9 cm³/mol. The molecule has 6 nitrogen and oxygen atoms in total. The largest absolute Gasteiger partial charge is 0.381 e. The SMILES string of the molecule is O=[N+]([O-])c1ccc(NCc2ccc(-n3ccnc3)c(F)c2)cc1. The second-order valence-corrected chi connectivity index (χ2v) is 4.91. The van der Waals surface area contributed by atoms with Crippen molar-refractivity contribution in [2.24, 2.45) is 0 Å². The fourth-order valence-corrected chi connectivity index (χ4v) is 2.18. The van der Waals surface area contributed by atoms with Crippen molar-refractivity contribution < 1.29 is 9.31 Å². The van der Waals surface area contributed by atoms with Gasteiger partial charge in [-0.05, 0) is 29.8 Å². The summed E-state index contributed by atoms with van der Waals surface area (Å²) in [4.78, 5) is 14.0. The van der Waals surface area contributed by atoms with Gasteiger partial charge in [0.25, 0.3) is 5.69 Å². The van der Waals surface area contributed by atoms with Crippen LogP contribution in [0.25, 0.3) is 5.69 Å². The number of benzene rings is 2. The molecule has 23 heavy (non-hydrogen) atoms. The molecule has 0 amide bonds. The average molecular weight is 312 g/mol. The van der Waals surface area contributed by atoms with Crippen molar-refractivity contribution in [2.45, 2.75) is 6.54 Å². The first kappa shape index (κ1) is 14.7. The van der Waals surface area contributed by atoms with Gasteiger partial charge in [-0.3, -0.25) is 10.1 Å². The van der Waals surface area contributed by atoms with Crippen LogP contribution >= 0.6 is 0 Å². The van der Waals surface area contributed by atoms with Crippen LogP contribution in [0.1, 0.15) is 5.56 Å². The Morgan fingerprint density at radius 1 is 1.22 bits per heavy atom. The lowest BCUT2D eigenvalue weighted by Crippen LogP contribution is -2.02. The highest BCUT2D eigenvalue weighted by Gasteiger charge is 2.06. The van der Waals surface area contributed by atoms with Crippen LogP contribution in [0.3, 0.4) is 0 Å². The summed E-state index contributed by atoms with van der Waals surface area (Å²) in [5, 5.41) is 13.7. The van der Waals surface area contributed by atoms with Crippen molar-refractivity contribution in [3.8, 4) is 5.69 Å². The van der Waals surface area contributed by atoms with Gasteiger partial charge in [0.1, 0.15) is 5.82 Å². The molecule has 3 aromatic rings. The third-order valence-electron chi connectivity index (χ3n) is 3.37. The zero-order valence-corrected chi connectivity index (χ0v) is 12.0. The third kappa shape index (κ3) is 3.34. The Labute approximate surface area is 131 Å². The lowest BCUT2D eigenvalue weighted by Gasteiger charge is -2.09. The van der Waals surface area contributed by atoms with Crippen LogP contribution in [0.5, 0.6) is 0 Å². The van der Waals surface area contributed by atoms with E-state index in [0.29, 0.717) is 12.2 Å². The van der Waals surface area contributed by atoms with Crippen LogP contribution in [0.2, 0.25) is 0 Å². The van der Waals surface area contributed by atoms with Gasteiger partial charge in [0.15, 0.2) is 0 Å². The van der Waals surface area contributed by atoms with E-state index in [1.165, 1.54) is 24.5 Å². The summed E-state index contributed by atoms with van der Waals surface area (Å²) >= 11 is 0. The minimum absolute atomic E-state index is 0.0336. The topological polar surface area (TPSA) is 73.0 Å². The Balaban J connectivity index is 1.69. The van der Waals surface area contributed by atoms with Crippen molar-refractivity contribution >= 4 is 11.4 Å². The van der Waals surface area contributed by atoms with Crippen LogP contribution in [-0.4, -0.2) is 14.5 Å². The molecule has 1 aromatic heterocycles. The number of non-ortho nitro benzene ring substituents is 1. The molecular weight excluding hydrogens is 299 g/mol. The molecule has 0 fully saturated rings. The van der Waals surface area contributed by atoms with Crippen molar-refractivity contribution in [3.05, 3.63) is 82.7 Å². The summed E-state index contributed by atoms with van der Waals surface area (Å²) in [5.41, 5.74) is 1.97. The minimum atomic E-state index is -0.450.